The summed E-state index contributed by atoms with van der Waals surface area (Å²) < 4.78 is 7.52. The number of urea groups is 1. The van der Waals surface area contributed by atoms with Gasteiger partial charge in [-0.2, -0.15) is 5.10 Å². The zero-order chi connectivity index (χ0) is 20.1. The average molecular weight is 412 g/mol. The Morgan fingerprint density at radius 3 is 3.07 bits per heavy atom. The SMILES string of the molecule is O=C(Cc1csc(N2CCNC2=O)n1)Nc1cccc(OCCn2cccn2)c1. The van der Waals surface area contributed by atoms with Crippen molar-refractivity contribution in [2.45, 2.75) is 13.0 Å². The number of anilines is 2. The van der Waals surface area contributed by atoms with Gasteiger partial charge < -0.3 is 15.4 Å². The number of rotatable bonds is 8. The lowest BCUT2D eigenvalue weighted by molar-refractivity contribution is -0.115. The van der Waals surface area contributed by atoms with E-state index in [1.807, 2.05) is 24.4 Å². The monoisotopic (exact) mass is 412 g/mol. The van der Waals surface area contributed by atoms with E-state index in [0.717, 1.165) is 0 Å². The number of nitrogens with zero attached hydrogens (tertiary/aromatic N) is 4. The maximum absolute atomic E-state index is 12.4. The van der Waals surface area contributed by atoms with Gasteiger partial charge in [0, 0.05) is 42.6 Å². The molecule has 0 saturated carbocycles. The molecule has 3 heterocycles. The van der Waals surface area contributed by atoms with Crippen molar-refractivity contribution in [2.75, 3.05) is 29.9 Å². The van der Waals surface area contributed by atoms with Crippen LogP contribution in [0.2, 0.25) is 0 Å². The molecule has 3 amide bonds. The number of hydrogen-bond acceptors (Lipinski definition) is 6. The van der Waals surface area contributed by atoms with Crippen LogP contribution in [0.1, 0.15) is 5.69 Å². The molecule has 1 aromatic carbocycles. The van der Waals surface area contributed by atoms with E-state index in [4.69, 9.17) is 4.74 Å². The van der Waals surface area contributed by atoms with Crippen LogP contribution in [-0.4, -0.2) is 46.4 Å². The number of hydrogen-bond donors (Lipinski definition) is 2. The minimum Gasteiger partial charge on any atom is -0.492 e. The lowest BCUT2D eigenvalue weighted by Gasteiger charge is -2.09. The number of carbonyl (C=O) groups is 2. The van der Waals surface area contributed by atoms with Gasteiger partial charge in [0.1, 0.15) is 12.4 Å². The van der Waals surface area contributed by atoms with Gasteiger partial charge in [-0.15, -0.1) is 11.3 Å². The molecular weight excluding hydrogens is 392 g/mol. The van der Waals surface area contributed by atoms with E-state index in [0.29, 0.717) is 48.5 Å². The summed E-state index contributed by atoms with van der Waals surface area (Å²) in [6, 6.07) is 8.96. The van der Waals surface area contributed by atoms with E-state index >= 15 is 0 Å². The first-order valence-electron chi connectivity index (χ1n) is 9.17. The molecule has 0 spiro atoms. The Balaban J connectivity index is 1.29. The van der Waals surface area contributed by atoms with Crippen molar-refractivity contribution >= 4 is 34.1 Å². The largest absolute Gasteiger partial charge is 0.492 e. The number of ether oxygens (including phenoxy) is 1. The van der Waals surface area contributed by atoms with Crippen LogP contribution in [-0.2, 0) is 17.8 Å². The Bertz CT molecular complexity index is 988. The Labute approximate surface area is 171 Å². The second-order valence-corrected chi connectivity index (χ2v) is 7.21. The normalized spacial score (nSPS) is 13.4. The summed E-state index contributed by atoms with van der Waals surface area (Å²) in [5.41, 5.74) is 1.29. The molecule has 0 atom stereocenters. The summed E-state index contributed by atoms with van der Waals surface area (Å²) in [5.74, 6) is 0.493. The quantitative estimate of drug-likeness (QED) is 0.590. The van der Waals surface area contributed by atoms with Gasteiger partial charge in [-0.1, -0.05) is 6.07 Å². The number of thiazole rings is 1. The standard InChI is InChI=1S/C19H20N6O3S/c26-17(12-15-13-29-19(23-15)25-8-6-20-18(25)27)22-14-3-1-4-16(11-14)28-10-9-24-7-2-5-21-24/h1-5,7,11,13H,6,8-10,12H2,(H,20,27)(H,22,26). The summed E-state index contributed by atoms with van der Waals surface area (Å²) in [7, 11) is 0. The fourth-order valence-electron chi connectivity index (χ4n) is 2.88. The lowest BCUT2D eigenvalue weighted by Crippen LogP contribution is -2.27. The van der Waals surface area contributed by atoms with Crippen LogP contribution in [0, 0.1) is 0 Å². The second-order valence-electron chi connectivity index (χ2n) is 6.38. The third-order valence-electron chi connectivity index (χ3n) is 4.24. The highest BCUT2D eigenvalue weighted by atomic mass is 32.1. The zero-order valence-corrected chi connectivity index (χ0v) is 16.4. The molecule has 3 aromatic rings. The molecule has 9 nitrogen and oxygen atoms in total. The minimum atomic E-state index is -0.179. The molecule has 2 N–H and O–H groups in total. The lowest BCUT2D eigenvalue weighted by atomic mass is 10.2. The van der Waals surface area contributed by atoms with Crippen LogP contribution in [0.5, 0.6) is 5.75 Å². The third-order valence-corrected chi connectivity index (χ3v) is 5.15. The minimum absolute atomic E-state index is 0.135. The first kappa shape index (κ1) is 18.9. The molecule has 0 bridgehead atoms. The van der Waals surface area contributed by atoms with Crippen molar-refractivity contribution in [3.8, 4) is 5.75 Å². The zero-order valence-electron chi connectivity index (χ0n) is 15.6. The number of amides is 3. The first-order chi connectivity index (χ1) is 14.2. The van der Waals surface area contributed by atoms with Crippen molar-refractivity contribution in [3.63, 3.8) is 0 Å². The van der Waals surface area contributed by atoms with Crippen molar-refractivity contribution in [2.24, 2.45) is 0 Å². The van der Waals surface area contributed by atoms with Gasteiger partial charge in [-0.3, -0.25) is 14.4 Å². The Hall–Kier alpha value is -3.40. The molecule has 4 rings (SSSR count). The van der Waals surface area contributed by atoms with Crippen LogP contribution in [0.15, 0.2) is 48.1 Å². The fourth-order valence-corrected chi connectivity index (χ4v) is 3.73. The summed E-state index contributed by atoms with van der Waals surface area (Å²) >= 11 is 1.36. The molecule has 1 aliphatic heterocycles. The molecule has 29 heavy (non-hydrogen) atoms. The van der Waals surface area contributed by atoms with E-state index in [-0.39, 0.29) is 18.4 Å². The Morgan fingerprint density at radius 1 is 1.34 bits per heavy atom. The maximum atomic E-state index is 12.4. The topological polar surface area (TPSA) is 101 Å². The summed E-state index contributed by atoms with van der Waals surface area (Å²) in [4.78, 5) is 30.0. The third kappa shape index (κ3) is 4.91. The molecule has 0 radical (unpaired) electrons. The van der Waals surface area contributed by atoms with Gasteiger partial charge in [0.05, 0.1) is 18.7 Å². The van der Waals surface area contributed by atoms with Crippen molar-refractivity contribution in [1.29, 1.82) is 0 Å². The number of aromatic nitrogens is 3. The van der Waals surface area contributed by atoms with Gasteiger partial charge in [-0.05, 0) is 18.2 Å². The average Bonchev–Trinajstić information content (AvgIpc) is 3.44. The van der Waals surface area contributed by atoms with E-state index in [1.54, 1.807) is 33.3 Å². The van der Waals surface area contributed by atoms with Gasteiger partial charge in [0.25, 0.3) is 0 Å². The van der Waals surface area contributed by atoms with Gasteiger partial charge in [0.2, 0.25) is 5.91 Å². The summed E-state index contributed by atoms with van der Waals surface area (Å²) in [5, 5.41) is 12.1. The number of benzene rings is 1. The van der Waals surface area contributed by atoms with Crippen LogP contribution in [0.3, 0.4) is 0 Å². The van der Waals surface area contributed by atoms with Gasteiger partial charge in [-0.25, -0.2) is 9.78 Å². The van der Waals surface area contributed by atoms with Crippen LogP contribution in [0.25, 0.3) is 0 Å². The Morgan fingerprint density at radius 2 is 2.28 bits per heavy atom. The molecule has 10 heteroatoms. The maximum Gasteiger partial charge on any atom is 0.323 e. The molecule has 1 aliphatic rings. The molecule has 0 unspecified atom stereocenters. The highest BCUT2D eigenvalue weighted by Gasteiger charge is 2.24. The fraction of sp³-hybridized carbons (Fsp3) is 0.263. The number of nitrogens with one attached hydrogen (secondary N) is 2. The second kappa shape index (κ2) is 8.74. The van der Waals surface area contributed by atoms with Gasteiger partial charge >= 0.3 is 6.03 Å². The summed E-state index contributed by atoms with van der Waals surface area (Å²) in [6.07, 6.45) is 3.73. The molecule has 1 fully saturated rings. The highest BCUT2D eigenvalue weighted by molar-refractivity contribution is 7.14. The molecule has 150 valence electrons. The summed E-state index contributed by atoms with van der Waals surface area (Å²) in [6.45, 7) is 2.31. The smallest absolute Gasteiger partial charge is 0.323 e. The van der Waals surface area contributed by atoms with Crippen molar-refractivity contribution < 1.29 is 14.3 Å². The predicted octanol–water partition coefficient (Wildman–Crippen LogP) is 2.13. The van der Waals surface area contributed by atoms with Crippen LogP contribution >= 0.6 is 11.3 Å². The van der Waals surface area contributed by atoms with Crippen LogP contribution < -0.4 is 20.3 Å². The number of carbonyl (C=O) groups excluding carboxylic acids is 2. The van der Waals surface area contributed by atoms with Crippen molar-refractivity contribution in [3.05, 3.63) is 53.8 Å². The van der Waals surface area contributed by atoms with Gasteiger partial charge in [0.15, 0.2) is 5.13 Å². The van der Waals surface area contributed by atoms with E-state index < -0.39 is 0 Å². The Kier molecular flexibility index (Phi) is 5.71. The van der Waals surface area contributed by atoms with Crippen LogP contribution in [0.4, 0.5) is 15.6 Å². The molecule has 2 aromatic heterocycles. The molecule has 1 saturated heterocycles. The van der Waals surface area contributed by atoms with E-state index in [2.05, 4.69) is 20.7 Å². The molecular formula is C19H20N6O3S. The molecule has 0 aliphatic carbocycles. The first-order valence-corrected chi connectivity index (χ1v) is 10.1. The predicted molar refractivity (Wildman–Crippen MR) is 109 cm³/mol. The van der Waals surface area contributed by atoms with Crippen molar-refractivity contribution in [1.82, 2.24) is 20.1 Å². The van der Waals surface area contributed by atoms with E-state index in [1.165, 1.54) is 11.3 Å². The van der Waals surface area contributed by atoms with E-state index in [9.17, 15) is 9.59 Å². The highest BCUT2D eigenvalue weighted by Crippen LogP contribution is 2.23.